The summed E-state index contributed by atoms with van der Waals surface area (Å²) in [6, 6.07) is 11.7. The van der Waals surface area contributed by atoms with Gasteiger partial charge in [0.25, 0.3) is 0 Å². The molecule has 0 spiro atoms. The molecule has 0 atom stereocenters. The second kappa shape index (κ2) is 5.85. The van der Waals surface area contributed by atoms with Gasteiger partial charge in [0.05, 0.1) is 4.90 Å². The van der Waals surface area contributed by atoms with Crippen molar-refractivity contribution in [2.24, 2.45) is 0 Å². The van der Waals surface area contributed by atoms with Gasteiger partial charge in [0.2, 0.25) is 0 Å². The minimum atomic E-state index is -3.17. The molecule has 2 aromatic carbocycles. The second-order valence-corrected chi connectivity index (χ2v) is 7.35. The number of sulfone groups is 1. The zero-order valence-electron chi connectivity index (χ0n) is 10.8. The number of hydrogen-bond acceptors (Lipinski definition) is 4. The molecular weight excluding hydrogens is 342 g/mol. The first-order valence-corrected chi connectivity index (χ1v) is 8.56. The van der Waals surface area contributed by atoms with Crippen LogP contribution in [0.2, 0.25) is 0 Å². The van der Waals surface area contributed by atoms with E-state index in [1.165, 1.54) is 6.26 Å². The van der Waals surface area contributed by atoms with Gasteiger partial charge in [-0.15, -0.1) is 0 Å². The molecule has 0 aliphatic heterocycles. The third-order valence-corrected chi connectivity index (χ3v) is 4.43. The fraction of sp³-hybridized carbons (Fsp3) is 0.143. The average molecular weight is 356 g/mol. The molecule has 0 radical (unpaired) electrons. The number of phenols is 1. The van der Waals surface area contributed by atoms with Crippen LogP contribution in [0.15, 0.2) is 51.8 Å². The first-order valence-electron chi connectivity index (χ1n) is 5.87. The monoisotopic (exact) mass is 355 g/mol. The van der Waals surface area contributed by atoms with Crippen LogP contribution in [0.3, 0.4) is 0 Å². The Balaban J connectivity index is 2.10. The summed E-state index contributed by atoms with van der Waals surface area (Å²) < 4.78 is 23.6. The van der Waals surface area contributed by atoms with Crippen LogP contribution >= 0.6 is 15.9 Å². The number of halogens is 1. The lowest BCUT2D eigenvalue weighted by Gasteiger charge is -2.09. The highest BCUT2D eigenvalue weighted by atomic mass is 79.9. The molecule has 4 nitrogen and oxygen atoms in total. The summed E-state index contributed by atoms with van der Waals surface area (Å²) in [7, 11) is -3.17. The molecular formula is C14H14BrNO3S. The maximum atomic E-state index is 11.3. The largest absolute Gasteiger partial charge is 0.508 e. The van der Waals surface area contributed by atoms with Crippen molar-refractivity contribution in [1.29, 1.82) is 0 Å². The number of aromatic hydroxyl groups is 1. The van der Waals surface area contributed by atoms with Crippen LogP contribution in [0.5, 0.6) is 5.75 Å². The minimum Gasteiger partial charge on any atom is -0.508 e. The lowest BCUT2D eigenvalue weighted by molar-refractivity contribution is 0.469. The summed E-state index contributed by atoms with van der Waals surface area (Å²) >= 11 is 3.35. The predicted octanol–water partition coefficient (Wildman–Crippen LogP) is 3.17. The van der Waals surface area contributed by atoms with Crippen LogP contribution in [0, 0.1) is 0 Å². The predicted molar refractivity (Wildman–Crippen MR) is 82.7 cm³/mol. The first-order chi connectivity index (χ1) is 9.36. The van der Waals surface area contributed by atoms with E-state index in [-0.39, 0.29) is 10.6 Å². The third-order valence-electron chi connectivity index (χ3n) is 2.81. The molecule has 0 aliphatic carbocycles. The topological polar surface area (TPSA) is 66.4 Å². The number of nitrogens with one attached hydrogen (secondary N) is 1. The molecule has 0 amide bonds. The van der Waals surface area contributed by atoms with E-state index < -0.39 is 9.84 Å². The molecule has 0 aromatic heterocycles. The second-order valence-electron chi connectivity index (χ2n) is 4.42. The normalized spacial score (nSPS) is 11.3. The first kappa shape index (κ1) is 14.9. The van der Waals surface area contributed by atoms with Crippen LogP contribution < -0.4 is 5.32 Å². The van der Waals surface area contributed by atoms with Gasteiger partial charge in [-0.2, -0.15) is 0 Å². The molecule has 0 saturated heterocycles. The van der Waals surface area contributed by atoms with Gasteiger partial charge in [-0.05, 0) is 42.5 Å². The lowest BCUT2D eigenvalue weighted by atomic mass is 10.2. The van der Waals surface area contributed by atoms with E-state index in [0.717, 1.165) is 15.7 Å². The SMILES string of the molecule is CS(=O)(=O)c1ccc(NCc2cc(Br)ccc2O)cc1. The van der Waals surface area contributed by atoms with Crippen molar-refractivity contribution in [2.45, 2.75) is 11.4 Å². The van der Waals surface area contributed by atoms with Crippen molar-refractivity contribution in [3.63, 3.8) is 0 Å². The van der Waals surface area contributed by atoms with Crippen molar-refractivity contribution in [3.05, 3.63) is 52.5 Å². The summed E-state index contributed by atoms with van der Waals surface area (Å²) in [5.74, 6) is 0.216. The molecule has 2 aromatic rings. The van der Waals surface area contributed by atoms with E-state index in [4.69, 9.17) is 0 Å². The molecule has 0 fully saturated rings. The van der Waals surface area contributed by atoms with E-state index in [9.17, 15) is 13.5 Å². The molecule has 20 heavy (non-hydrogen) atoms. The number of rotatable bonds is 4. The van der Waals surface area contributed by atoms with Crippen molar-refractivity contribution >= 4 is 31.5 Å². The molecule has 0 unspecified atom stereocenters. The van der Waals surface area contributed by atoms with Gasteiger partial charge in [-0.25, -0.2) is 8.42 Å². The Morgan fingerprint density at radius 3 is 2.40 bits per heavy atom. The zero-order valence-corrected chi connectivity index (χ0v) is 13.2. The number of benzene rings is 2. The van der Waals surface area contributed by atoms with Gasteiger partial charge >= 0.3 is 0 Å². The Labute approximate surface area is 126 Å². The van der Waals surface area contributed by atoms with Gasteiger partial charge < -0.3 is 10.4 Å². The molecule has 0 heterocycles. The van der Waals surface area contributed by atoms with Crippen LogP contribution in [-0.4, -0.2) is 19.8 Å². The Hall–Kier alpha value is -1.53. The van der Waals surface area contributed by atoms with Crippen LogP contribution in [0.25, 0.3) is 0 Å². The molecule has 2 rings (SSSR count). The minimum absolute atomic E-state index is 0.216. The van der Waals surface area contributed by atoms with Crippen LogP contribution in [0.4, 0.5) is 5.69 Å². The fourth-order valence-corrected chi connectivity index (χ4v) is 2.75. The smallest absolute Gasteiger partial charge is 0.175 e. The van der Waals surface area contributed by atoms with Gasteiger partial charge in [0.1, 0.15) is 5.75 Å². The molecule has 0 saturated carbocycles. The summed E-state index contributed by atoms with van der Waals surface area (Å²) in [6.07, 6.45) is 1.18. The molecule has 2 N–H and O–H groups in total. The molecule has 0 bridgehead atoms. The van der Waals surface area contributed by atoms with Crippen molar-refractivity contribution in [1.82, 2.24) is 0 Å². The fourth-order valence-electron chi connectivity index (χ4n) is 1.71. The van der Waals surface area contributed by atoms with Crippen molar-refractivity contribution in [2.75, 3.05) is 11.6 Å². The van der Waals surface area contributed by atoms with Gasteiger partial charge in [-0.3, -0.25) is 0 Å². The summed E-state index contributed by atoms with van der Waals surface area (Å²) in [5, 5.41) is 12.9. The molecule has 6 heteroatoms. The highest BCUT2D eigenvalue weighted by Crippen LogP contribution is 2.23. The van der Waals surface area contributed by atoms with E-state index in [1.807, 2.05) is 6.07 Å². The quantitative estimate of drug-likeness (QED) is 0.883. The van der Waals surface area contributed by atoms with Crippen LogP contribution in [-0.2, 0) is 16.4 Å². The summed E-state index contributed by atoms with van der Waals surface area (Å²) in [4.78, 5) is 0.286. The van der Waals surface area contributed by atoms with Crippen LogP contribution in [0.1, 0.15) is 5.56 Å². The molecule has 0 aliphatic rings. The third kappa shape index (κ3) is 3.74. The Bertz CT molecular complexity index is 712. The van der Waals surface area contributed by atoms with E-state index in [1.54, 1.807) is 36.4 Å². The maximum Gasteiger partial charge on any atom is 0.175 e. The lowest BCUT2D eigenvalue weighted by Crippen LogP contribution is -2.01. The summed E-state index contributed by atoms with van der Waals surface area (Å²) in [6.45, 7) is 0.448. The Kier molecular flexibility index (Phi) is 4.35. The standard InChI is InChI=1S/C14H14BrNO3S/c1-20(18,19)13-5-3-12(4-6-13)16-9-10-8-11(15)2-7-14(10)17/h2-8,16-17H,9H2,1H3. The Morgan fingerprint density at radius 1 is 1.15 bits per heavy atom. The maximum absolute atomic E-state index is 11.3. The van der Waals surface area contributed by atoms with Gasteiger partial charge in [0, 0.05) is 28.5 Å². The summed E-state index contributed by atoms with van der Waals surface area (Å²) in [5.41, 5.74) is 1.54. The highest BCUT2D eigenvalue weighted by molar-refractivity contribution is 9.10. The molecule has 106 valence electrons. The van der Waals surface area contributed by atoms with E-state index in [2.05, 4.69) is 21.2 Å². The van der Waals surface area contributed by atoms with Crippen molar-refractivity contribution in [3.8, 4) is 5.75 Å². The number of anilines is 1. The van der Waals surface area contributed by atoms with Crippen molar-refractivity contribution < 1.29 is 13.5 Å². The van der Waals surface area contributed by atoms with Gasteiger partial charge in [-0.1, -0.05) is 15.9 Å². The highest BCUT2D eigenvalue weighted by Gasteiger charge is 2.06. The zero-order chi connectivity index (χ0) is 14.8. The number of phenolic OH excluding ortho intramolecular Hbond substituents is 1. The van der Waals surface area contributed by atoms with E-state index in [0.29, 0.717) is 6.54 Å². The van der Waals surface area contributed by atoms with E-state index >= 15 is 0 Å². The number of hydrogen-bond donors (Lipinski definition) is 2. The Morgan fingerprint density at radius 2 is 1.80 bits per heavy atom. The average Bonchev–Trinajstić information content (AvgIpc) is 2.39. The van der Waals surface area contributed by atoms with Gasteiger partial charge in [0.15, 0.2) is 9.84 Å².